The first-order valence-electron chi connectivity index (χ1n) is 7.55. The summed E-state index contributed by atoms with van der Waals surface area (Å²) in [6.45, 7) is 5.16. The van der Waals surface area contributed by atoms with Gasteiger partial charge in [-0.3, -0.25) is 0 Å². The first kappa shape index (κ1) is 13.7. The molecule has 0 aliphatic carbocycles. The van der Waals surface area contributed by atoms with Crippen molar-refractivity contribution in [3.05, 3.63) is 24.6 Å². The second-order valence-corrected chi connectivity index (χ2v) is 5.91. The molecule has 0 saturated carbocycles. The molecule has 0 spiro atoms. The van der Waals surface area contributed by atoms with Gasteiger partial charge in [-0.25, -0.2) is 9.67 Å². The van der Waals surface area contributed by atoms with E-state index >= 15 is 0 Å². The number of hydrogen-bond acceptors (Lipinski definition) is 6. The quantitative estimate of drug-likeness (QED) is 0.621. The molecule has 0 fully saturated rings. The first-order valence-corrected chi connectivity index (χ1v) is 7.55. The van der Waals surface area contributed by atoms with Gasteiger partial charge < -0.3 is 10.2 Å². The molecule has 23 heavy (non-hydrogen) atoms. The Bertz CT molecular complexity index is 965. The van der Waals surface area contributed by atoms with Crippen molar-refractivity contribution in [1.82, 2.24) is 29.4 Å². The molecule has 0 atom stereocenters. The fourth-order valence-corrected chi connectivity index (χ4v) is 2.51. The van der Waals surface area contributed by atoms with Gasteiger partial charge in [0.1, 0.15) is 0 Å². The molecule has 8 heteroatoms. The summed E-state index contributed by atoms with van der Waals surface area (Å²) in [7, 11) is 0. The molecule has 4 rings (SSSR count). The third-order valence-electron chi connectivity index (χ3n) is 3.76. The van der Waals surface area contributed by atoms with Gasteiger partial charge in [0, 0.05) is 6.54 Å². The Hall–Kier alpha value is -2.90. The Morgan fingerprint density at radius 2 is 2.13 bits per heavy atom. The number of nitrogens with two attached hydrogens (primary N) is 1. The monoisotopic (exact) mass is 311 g/mol. The fraction of sp³-hybridized carbons (Fsp3) is 0.333. The zero-order valence-corrected chi connectivity index (χ0v) is 13.0. The molecule has 0 aliphatic rings. The Balaban J connectivity index is 1.88. The predicted octanol–water partition coefficient (Wildman–Crippen LogP) is 2.36. The third-order valence-corrected chi connectivity index (χ3v) is 3.76. The minimum Gasteiger partial charge on any atom is -0.461 e. The number of rotatable bonds is 4. The van der Waals surface area contributed by atoms with Crippen molar-refractivity contribution in [2.24, 2.45) is 5.92 Å². The summed E-state index contributed by atoms with van der Waals surface area (Å²) in [4.78, 5) is 8.98. The number of nitrogens with zero attached hydrogens (tertiary/aromatic N) is 6. The average Bonchev–Trinajstić information content (AvgIpc) is 3.23. The van der Waals surface area contributed by atoms with E-state index in [1.54, 1.807) is 18.5 Å². The molecule has 4 aromatic heterocycles. The second-order valence-electron chi connectivity index (χ2n) is 5.91. The van der Waals surface area contributed by atoms with Crippen molar-refractivity contribution in [2.75, 3.05) is 5.73 Å². The minimum atomic E-state index is 0.282. The van der Waals surface area contributed by atoms with Gasteiger partial charge in [-0.2, -0.15) is 14.6 Å². The molecule has 118 valence electrons. The maximum Gasteiger partial charge on any atom is 0.225 e. The Kier molecular flexibility index (Phi) is 3.03. The van der Waals surface area contributed by atoms with Crippen LogP contribution in [0.4, 0.5) is 5.95 Å². The second kappa shape index (κ2) is 5.08. The summed E-state index contributed by atoms with van der Waals surface area (Å²) in [5.74, 6) is 1.94. The normalized spacial score (nSPS) is 12.0. The Labute approximate surface area is 131 Å². The van der Waals surface area contributed by atoms with Crippen LogP contribution in [0.1, 0.15) is 20.3 Å². The van der Waals surface area contributed by atoms with E-state index in [2.05, 4.69) is 34.0 Å². The largest absolute Gasteiger partial charge is 0.461 e. The standard InChI is InChI=1S/C15H17N7O/c1-9(2)5-6-21-13-10(8-17-21)14-18-12(11-4-3-7-23-11)20-22(14)15(16)19-13/h3-4,7-9H,5-6H2,1-2H3,(H2,16,19). The smallest absolute Gasteiger partial charge is 0.225 e. The lowest BCUT2D eigenvalue weighted by atomic mass is 10.1. The molecule has 0 saturated heterocycles. The van der Waals surface area contributed by atoms with Crippen molar-refractivity contribution >= 4 is 22.6 Å². The number of aryl methyl sites for hydroxylation is 1. The van der Waals surface area contributed by atoms with Crippen molar-refractivity contribution in [3.8, 4) is 11.6 Å². The highest BCUT2D eigenvalue weighted by Crippen LogP contribution is 2.23. The van der Waals surface area contributed by atoms with E-state index in [4.69, 9.17) is 10.2 Å². The van der Waals surface area contributed by atoms with E-state index in [1.807, 2.05) is 10.7 Å². The molecule has 0 amide bonds. The number of fused-ring (bicyclic) bond motifs is 3. The van der Waals surface area contributed by atoms with E-state index in [0.717, 1.165) is 24.0 Å². The number of hydrogen-bond donors (Lipinski definition) is 1. The number of aromatic nitrogens is 6. The summed E-state index contributed by atoms with van der Waals surface area (Å²) >= 11 is 0. The average molecular weight is 311 g/mol. The van der Waals surface area contributed by atoms with Gasteiger partial charge >= 0.3 is 0 Å². The van der Waals surface area contributed by atoms with E-state index < -0.39 is 0 Å². The van der Waals surface area contributed by atoms with Crippen LogP contribution < -0.4 is 5.73 Å². The van der Waals surface area contributed by atoms with Gasteiger partial charge in [0.05, 0.1) is 17.8 Å². The zero-order valence-electron chi connectivity index (χ0n) is 13.0. The summed E-state index contributed by atoms with van der Waals surface area (Å²) in [6, 6.07) is 3.60. The Morgan fingerprint density at radius 1 is 1.26 bits per heavy atom. The molecular formula is C15H17N7O. The lowest BCUT2D eigenvalue weighted by Crippen LogP contribution is -2.07. The van der Waals surface area contributed by atoms with E-state index in [1.165, 1.54) is 4.52 Å². The fourth-order valence-electron chi connectivity index (χ4n) is 2.51. The SMILES string of the molecule is CC(C)CCn1ncc2c1nc(N)n1nc(-c3ccco3)nc21. The highest BCUT2D eigenvalue weighted by molar-refractivity contribution is 5.90. The maximum atomic E-state index is 6.05. The van der Waals surface area contributed by atoms with Gasteiger partial charge in [-0.1, -0.05) is 13.8 Å². The van der Waals surface area contributed by atoms with Crippen molar-refractivity contribution in [1.29, 1.82) is 0 Å². The number of furan rings is 1. The molecular weight excluding hydrogens is 294 g/mol. The van der Waals surface area contributed by atoms with Gasteiger partial charge in [0.25, 0.3) is 0 Å². The molecule has 2 N–H and O–H groups in total. The highest BCUT2D eigenvalue weighted by Gasteiger charge is 2.17. The summed E-state index contributed by atoms with van der Waals surface area (Å²) in [5.41, 5.74) is 7.42. The topological polar surface area (TPSA) is 100 Å². The first-order chi connectivity index (χ1) is 11.1. The van der Waals surface area contributed by atoms with Crippen LogP contribution in [0.25, 0.3) is 28.3 Å². The molecule has 4 aromatic rings. The van der Waals surface area contributed by atoms with Crippen LogP contribution in [-0.2, 0) is 6.54 Å². The molecule has 0 radical (unpaired) electrons. The highest BCUT2D eigenvalue weighted by atomic mass is 16.3. The third kappa shape index (κ3) is 2.23. The molecule has 0 aliphatic heterocycles. The van der Waals surface area contributed by atoms with Crippen molar-refractivity contribution in [2.45, 2.75) is 26.8 Å². The minimum absolute atomic E-state index is 0.282. The lowest BCUT2D eigenvalue weighted by molar-refractivity contribution is 0.494. The van der Waals surface area contributed by atoms with Gasteiger partial charge in [0.15, 0.2) is 17.1 Å². The number of nitrogen functional groups attached to an aromatic ring is 1. The molecule has 8 nitrogen and oxygen atoms in total. The van der Waals surface area contributed by atoms with Gasteiger partial charge in [-0.15, -0.1) is 5.10 Å². The molecule has 0 bridgehead atoms. The van der Waals surface area contributed by atoms with Crippen molar-refractivity contribution in [3.63, 3.8) is 0 Å². The van der Waals surface area contributed by atoms with Gasteiger partial charge in [-0.05, 0) is 24.5 Å². The molecule has 4 heterocycles. The van der Waals surface area contributed by atoms with E-state index in [9.17, 15) is 0 Å². The van der Waals surface area contributed by atoms with Crippen LogP contribution in [0.2, 0.25) is 0 Å². The van der Waals surface area contributed by atoms with Gasteiger partial charge in [0.2, 0.25) is 11.8 Å². The molecule has 0 unspecified atom stereocenters. The van der Waals surface area contributed by atoms with Crippen LogP contribution >= 0.6 is 0 Å². The van der Waals surface area contributed by atoms with E-state index in [-0.39, 0.29) is 5.95 Å². The van der Waals surface area contributed by atoms with Crippen LogP contribution in [-0.4, -0.2) is 29.4 Å². The van der Waals surface area contributed by atoms with Crippen LogP contribution in [0.15, 0.2) is 29.0 Å². The lowest BCUT2D eigenvalue weighted by Gasteiger charge is -2.06. The summed E-state index contributed by atoms with van der Waals surface area (Å²) < 4.78 is 8.74. The van der Waals surface area contributed by atoms with Crippen LogP contribution in [0, 0.1) is 5.92 Å². The van der Waals surface area contributed by atoms with Crippen LogP contribution in [0.5, 0.6) is 0 Å². The summed E-state index contributed by atoms with van der Waals surface area (Å²) in [5, 5.41) is 9.63. The van der Waals surface area contributed by atoms with E-state index in [0.29, 0.717) is 23.1 Å². The van der Waals surface area contributed by atoms with Crippen molar-refractivity contribution < 1.29 is 4.42 Å². The Morgan fingerprint density at radius 3 is 2.87 bits per heavy atom. The zero-order chi connectivity index (χ0) is 16.0. The van der Waals surface area contributed by atoms with Crippen LogP contribution in [0.3, 0.4) is 0 Å². The number of anilines is 1. The summed E-state index contributed by atoms with van der Waals surface area (Å²) in [6.07, 6.45) is 4.37. The maximum absolute atomic E-state index is 6.05. The molecule has 0 aromatic carbocycles. The predicted molar refractivity (Wildman–Crippen MR) is 85.6 cm³/mol.